The molecule has 0 aliphatic heterocycles. The standard InChI is InChI=1S/C15H25NOS/c1-3-4-5-6-7-8-12-18(17)15-11-9-10-14(16)13(15)2/h9-11H,3-8,12,16H2,1-2H3. The Labute approximate surface area is 113 Å². The van der Waals surface area contributed by atoms with Crippen molar-refractivity contribution in [3.63, 3.8) is 0 Å². The van der Waals surface area contributed by atoms with Gasteiger partial charge < -0.3 is 5.73 Å². The zero-order valence-electron chi connectivity index (χ0n) is 11.6. The molecule has 0 saturated carbocycles. The third-order valence-electron chi connectivity index (χ3n) is 3.25. The maximum atomic E-state index is 12.2. The number of rotatable bonds is 8. The normalized spacial score (nSPS) is 12.6. The van der Waals surface area contributed by atoms with Crippen LogP contribution < -0.4 is 5.73 Å². The van der Waals surface area contributed by atoms with Gasteiger partial charge in [-0.3, -0.25) is 4.21 Å². The maximum absolute atomic E-state index is 12.2. The van der Waals surface area contributed by atoms with Crippen LogP contribution in [0.25, 0.3) is 0 Å². The fourth-order valence-corrected chi connectivity index (χ4v) is 3.38. The van der Waals surface area contributed by atoms with E-state index in [0.29, 0.717) is 0 Å². The smallest absolute Gasteiger partial charge is 0.0532 e. The highest BCUT2D eigenvalue weighted by atomic mass is 32.2. The van der Waals surface area contributed by atoms with Crippen LogP contribution in [-0.4, -0.2) is 9.96 Å². The van der Waals surface area contributed by atoms with E-state index in [-0.39, 0.29) is 0 Å². The van der Waals surface area contributed by atoms with Crippen LogP contribution in [-0.2, 0) is 10.8 Å². The number of nitrogen functional groups attached to an aromatic ring is 1. The molecule has 2 nitrogen and oxygen atoms in total. The zero-order chi connectivity index (χ0) is 13.4. The van der Waals surface area contributed by atoms with Crippen molar-refractivity contribution >= 4 is 16.5 Å². The second-order valence-corrected chi connectivity index (χ2v) is 6.33. The van der Waals surface area contributed by atoms with E-state index in [2.05, 4.69) is 6.92 Å². The monoisotopic (exact) mass is 267 g/mol. The van der Waals surface area contributed by atoms with E-state index in [1.54, 1.807) is 0 Å². The summed E-state index contributed by atoms with van der Waals surface area (Å²) >= 11 is 0. The van der Waals surface area contributed by atoms with Gasteiger partial charge in [0, 0.05) is 16.3 Å². The molecule has 1 rings (SSSR count). The van der Waals surface area contributed by atoms with Gasteiger partial charge in [0.15, 0.2) is 0 Å². The van der Waals surface area contributed by atoms with Crippen molar-refractivity contribution in [2.45, 2.75) is 57.3 Å². The highest BCUT2D eigenvalue weighted by molar-refractivity contribution is 7.85. The van der Waals surface area contributed by atoms with Crippen molar-refractivity contribution in [1.82, 2.24) is 0 Å². The molecule has 1 atom stereocenters. The summed E-state index contributed by atoms with van der Waals surface area (Å²) in [6.45, 7) is 4.17. The molecule has 0 aromatic heterocycles. The second kappa shape index (κ2) is 8.30. The van der Waals surface area contributed by atoms with Gasteiger partial charge >= 0.3 is 0 Å². The Hall–Kier alpha value is -0.830. The molecular formula is C15H25NOS. The predicted octanol–water partition coefficient (Wildman–Crippen LogP) is 4.05. The van der Waals surface area contributed by atoms with Gasteiger partial charge in [-0.2, -0.15) is 0 Å². The number of hydrogen-bond acceptors (Lipinski definition) is 2. The minimum Gasteiger partial charge on any atom is -0.398 e. The average molecular weight is 267 g/mol. The first-order valence-corrected chi connectivity index (χ1v) is 8.22. The van der Waals surface area contributed by atoms with Crippen molar-refractivity contribution in [3.05, 3.63) is 23.8 Å². The Morgan fingerprint density at radius 3 is 2.50 bits per heavy atom. The largest absolute Gasteiger partial charge is 0.398 e. The topological polar surface area (TPSA) is 43.1 Å². The molecule has 1 unspecified atom stereocenters. The van der Waals surface area contributed by atoms with Crippen molar-refractivity contribution < 1.29 is 4.21 Å². The van der Waals surface area contributed by atoms with E-state index in [9.17, 15) is 4.21 Å². The summed E-state index contributed by atoms with van der Waals surface area (Å²) in [6.07, 6.45) is 7.39. The lowest BCUT2D eigenvalue weighted by atomic mass is 10.1. The highest BCUT2D eigenvalue weighted by Crippen LogP contribution is 2.20. The van der Waals surface area contributed by atoms with E-state index in [0.717, 1.165) is 28.3 Å². The van der Waals surface area contributed by atoms with Crippen LogP contribution in [0.15, 0.2) is 23.1 Å². The van der Waals surface area contributed by atoms with Crippen molar-refractivity contribution in [1.29, 1.82) is 0 Å². The first-order valence-electron chi connectivity index (χ1n) is 6.90. The summed E-state index contributed by atoms with van der Waals surface area (Å²) in [7, 11) is -0.892. The Balaban J connectivity index is 2.35. The van der Waals surface area contributed by atoms with Crippen LogP contribution in [0.1, 0.15) is 51.0 Å². The summed E-state index contributed by atoms with van der Waals surface area (Å²) < 4.78 is 12.2. The van der Waals surface area contributed by atoms with E-state index in [1.165, 1.54) is 32.1 Å². The lowest BCUT2D eigenvalue weighted by molar-refractivity contribution is 0.622. The van der Waals surface area contributed by atoms with Crippen molar-refractivity contribution in [3.8, 4) is 0 Å². The molecule has 102 valence electrons. The second-order valence-electron chi connectivity index (χ2n) is 4.79. The zero-order valence-corrected chi connectivity index (χ0v) is 12.4. The molecule has 0 aliphatic carbocycles. The first-order chi connectivity index (χ1) is 8.66. The summed E-state index contributed by atoms with van der Waals surface area (Å²) in [4.78, 5) is 0.906. The molecular weight excluding hydrogens is 242 g/mol. The molecule has 1 aromatic rings. The Morgan fingerprint density at radius 2 is 1.78 bits per heavy atom. The van der Waals surface area contributed by atoms with Crippen LogP contribution in [0.2, 0.25) is 0 Å². The van der Waals surface area contributed by atoms with Gasteiger partial charge in [0.2, 0.25) is 0 Å². The van der Waals surface area contributed by atoms with Crippen LogP contribution in [0.3, 0.4) is 0 Å². The number of nitrogens with two attached hydrogens (primary N) is 1. The third kappa shape index (κ3) is 4.81. The molecule has 0 heterocycles. The number of benzene rings is 1. The number of unbranched alkanes of at least 4 members (excludes halogenated alkanes) is 5. The highest BCUT2D eigenvalue weighted by Gasteiger charge is 2.08. The molecule has 0 radical (unpaired) electrons. The molecule has 18 heavy (non-hydrogen) atoms. The molecule has 0 fully saturated rings. The van der Waals surface area contributed by atoms with Crippen LogP contribution >= 0.6 is 0 Å². The predicted molar refractivity (Wildman–Crippen MR) is 80.2 cm³/mol. The fourth-order valence-electron chi connectivity index (χ4n) is 2.00. The maximum Gasteiger partial charge on any atom is 0.0532 e. The quantitative estimate of drug-likeness (QED) is 0.570. The SMILES string of the molecule is CCCCCCCCS(=O)c1cccc(N)c1C. The average Bonchev–Trinajstić information content (AvgIpc) is 2.36. The van der Waals surface area contributed by atoms with Gasteiger partial charge in [-0.05, 0) is 31.0 Å². The number of anilines is 1. The molecule has 0 saturated heterocycles. The van der Waals surface area contributed by atoms with Gasteiger partial charge in [-0.1, -0.05) is 45.1 Å². The fraction of sp³-hybridized carbons (Fsp3) is 0.600. The van der Waals surface area contributed by atoms with Gasteiger partial charge in [-0.25, -0.2) is 0 Å². The first kappa shape index (κ1) is 15.2. The molecule has 1 aromatic carbocycles. The molecule has 0 spiro atoms. The molecule has 0 bridgehead atoms. The lowest BCUT2D eigenvalue weighted by Gasteiger charge is -2.08. The Morgan fingerprint density at radius 1 is 1.11 bits per heavy atom. The van der Waals surface area contributed by atoms with Crippen molar-refractivity contribution in [2.75, 3.05) is 11.5 Å². The summed E-state index contributed by atoms with van der Waals surface area (Å²) in [5, 5.41) is 0. The van der Waals surface area contributed by atoms with Crippen LogP contribution in [0.5, 0.6) is 0 Å². The molecule has 2 N–H and O–H groups in total. The van der Waals surface area contributed by atoms with Gasteiger partial charge in [0.25, 0.3) is 0 Å². The summed E-state index contributed by atoms with van der Waals surface area (Å²) in [6, 6.07) is 5.68. The van der Waals surface area contributed by atoms with Gasteiger partial charge in [0.1, 0.15) is 0 Å². The van der Waals surface area contributed by atoms with Gasteiger partial charge in [-0.15, -0.1) is 0 Å². The summed E-state index contributed by atoms with van der Waals surface area (Å²) in [5.41, 5.74) is 7.55. The van der Waals surface area contributed by atoms with Crippen molar-refractivity contribution in [2.24, 2.45) is 0 Å². The minimum absolute atomic E-state index is 0.740. The number of hydrogen-bond donors (Lipinski definition) is 1. The summed E-state index contributed by atoms with van der Waals surface area (Å²) in [5.74, 6) is 0.760. The van der Waals surface area contributed by atoms with Crippen LogP contribution in [0.4, 0.5) is 5.69 Å². The third-order valence-corrected chi connectivity index (χ3v) is 4.85. The molecule has 0 aliphatic rings. The lowest BCUT2D eigenvalue weighted by Crippen LogP contribution is -2.02. The minimum atomic E-state index is -0.892. The van der Waals surface area contributed by atoms with E-state index in [1.807, 2.05) is 25.1 Å². The van der Waals surface area contributed by atoms with E-state index < -0.39 is 10.8 Å². The molecule has 0 amide bonds. The molecule has 3 heteroatoms. The Kier molecular flexibility index (Phi) is 7.02. The van der Waals surface area contributed by atoms with Crippen LogP contribution in [0, 0.1) is 6.92 Å². The van der Waals surface area contributed by atoms with E-state index >= 15 is 0 Å². The van der Waals surface area contributed by atoms with E-state index in [4.69, 9.17) is 5.73 Å². The van der Waals surface area contributed by atoms with Gasteiger partial charge in [0.05, 0.1) is 10.8 Å². The Bertz CT molecular complexity index is 390.